The summed E-state index contributed by atoms with van der Waals surface area (Å²) < 4.78 is 13.2. The third kappa shape index (κ3) is 5.27. The van der Waals surface area contributed by atoms with Crippen LogP contribution < -0.4 is 10.6 Å². The molecule has 2 amide bonds. The van der Waals surface area contributed by atoms with E-state index in [1.165, 1.54) is 36.0 Å². The standard InChI is InChI=1S/C24H21FN2O2S/c25-18-11-13-19(14-12-18)26-24(29)22(16-5-2-1-3-6-16)30-21-8-4-7-20(15-21)27-23(28)17-9-10-17/h1-8,11-15,17,22H,9-10H2,(H,26,29)(H,27,28). The number of benzene rings is 3. The Morgan fingerprint density at radius 2 is 1.60 bits per heavy atom. The van der Waals surface area contributed by atoms with Gasteiger partial charge in [0.1, 0.15) is 11.1 Å². The molecule has 4 nitrogen and oxygen atoms in total. The Morgan fingerprint density at radius 1 is 0.867 bits per heavy atom. The van der Waals surface area contributed by atoms with E-state index < -0.39 is 5.25 Å². The van der Waals surface area contributed by atoms with Gasteiger partial charge in [-0.25, -0.2) is 4.39 Å². The van der Waals surface area contributed by atoms with E-state index in [-0.39, 0.29) is 23.5 Å². The van der Waals surface area contributed by atoms with Gasteiger partial charge in [0, 0.05) is 22.2 Å². The van der Waals surface area contributed by atoms with Crippen molar-refractivity contribution in [3.63, 3.8) is 0 Å². The van der Waals surface area contributed by atoms with Crippen molar-refractivity contribution in [1.82, 2.24) is 0 Å². The predicted octanol–water partition coefficient (Wildman–Crippen LogP) is 5.65. The van der Waals surface area contributed by atoms with Crippen molar-refractivity contribution in [1.29, 1.82) is 0 Å². The zero-order valence-corrected chi connectivity index (χ0v) is 17.0. The molecule has 0 aliphatic heterocycles. The summed E-state index contributed by atoms with van der Waals surface area (Å²) >= 11 is 1.40. The normalized spacial score (nSPS) is 14.0. The van der Waals surface area contributed by atoms with Crippen LogP contribution in [0.5, 0.6) is 0 Å². The molecule has 4 rings (SSSR count). The number of hydrogen-bond acceptors (Lipinski definition) is 3. The number of carbonyl (C=O) groups excluding carboxylic acids is 2. The first-order chi connectivity index (χ1) is 14.6. The lowest BCUT2D eigenvalue weighted by Crippen LogP contribution is -2.19. The van der Waals surface area contributed by atoms with Gasteiger partial charge < -0.3 is 10.6 Å². The quantitative estimate of drug-likeness (QED) is 0.486. The Kier molecular flexibility index (Phi) is 6.14. The minimum atomic E-state index is -0.509. The zero-order chi connectivity index (χ0) is 20.9. The van der Waals surface area contributed by atoms with Crippen LogP contribution in [0.4, 0.5) is 15.8 Å². The molecule has 1 aliphatic rings. The molecule has 6 heteroatoms. The summed E-state index contributed by atoms with van der Waals surface area (Å²) in [6.45, 7) is 0. The molecule has 1 aliphatic carbocycles. The molecular weight excluding hydrogens is 399 g/mol. The molecule has 0 spiro atoms. The summed E-state index contributed by atoms with van der Waals surface area (Å²) in [5.41, 5.74) is 2.12. The van der Waals surface area contributed by atoms with E-state index in [9.17, 15) is 14.0 Å². The van der Waals surface area contributed by atoms with E-state index in [0.29, 0.717) is 5.69 Å². The van der Waals surface area contributed by atoms with E-state index in [2.05, 4.69) is 10.6 Å². The average Bonchev–Trinajstić information content (AvgIpc) is 3.60. The second kappa shape index (κ2) is 9.13. The van der Waals surface area contributed by atoms with Crippen LogP contribution in [-0.4, -0.2) is 11.8 Å². The molecule has 3 aromatic rings. The van der Waals surface area contributed by atoms with Crippen LogP contribution in [0, 0.1) is 11.7 Å². The van der Waals surface area contributed by atoms with Crippen molar-refractivity contribution in [2.24, 2.45) is 5.92 Å². The predicted molar refractivity (Wildman–Crippen MR) is 118 cm³/mol. The highest BCUT2D eigenvalue weighted by molar-refractivity contribution is 8.00. The van der Waals surface area contributed by atoms with Gasteiger partial charge in [-0.05, 0) is 60.9 Å². The van der Waals surface area contributed by atoms with Crippen LogP contribution in [0.2, 0.25) is 0 Å². The fourth-order valence-corrected chi connectivity index (χ4v) is 4.10. The van der Waals surface area contributed by atoms with Gasteiger partial charge in [0.2, 0.25) is 11.8 Å². The third-order valence-corrected chi connectivity index (χ3v) is 6.00. The van der Waals surface area contributed by atoms with Gasteiger partial charge >= 0.3 is 0 Å². The second-order valence-corrected chi connectivity index (χ2v) is 8.37. The Bertz CT molecular complexity index is 1040. The van der Waals surface area contributed by atoms with Crippen molar-refractivity contribution in [3.05, 3.63) is 90.2 Å². The number of nitrogens with one attached hydrogen (secondary N) is 2. The Morgan fingerprint density at radius 3 is 2.30 bits per heavy atom. The van der Waals surface area contributed by atoms with Crippen LogP contribution in [0.1, 0.15) is 23.7 Å². The van der Waals surface area contributed by atoms with Gasteiger partial charge in [0.15, 0.2) is 0 Å². The Hall–Kier alpha value is -3.12. The number of amides is 2. The molecule has 1 saturated carbocycles. The fourth-order valence-electron chi connectivity index (χ4n) is 3.01. The summed E-state index contributed by atoms with van der Waals surface area (Å²) in [6, 6.07) is 22.7. The van der Waals surface area contributed by atoms with Gasteiger partial charge in [-0.3, -0.25) is 9.59 Å². The maximum absolute atomic E-state index is 13.2. The van der Waals surface area contributed by atoms with Crippen molar-refractivity contribution in [3.8, 4) is 0 Å². The highest BCUT2D eigenvalue weighted by Crippen LogP contribution is 2.37. The lowest BCUT2D eigenvalue weighted by Gasteiger charge is -2.18. The number of rotatable bonds is 7. The highest BCUT2D eigenvalue weighted by atomic mass is 32.2. The first-order valence-electron chi connectivity index (χ1n) is 9.77. The van der Waals surface area contributed by atoms with Gasteiger partial charge in [0.25, 0.3) is 0 Å². The molecule has 1 unspecified atom stereocenters. The summed E-state index contributed by atoms with van der Waals surface area (Å²) in [4.78, 5) is 26.0. The zero-order valence-electron chi connectivity index (χ0n) is 16.2. The average molecular weight is 421 g/mol. The lowest BCUT2D eigenvalue weighted by atomic mass is 10.1. The molecule has 3 aromatic carbocycles. The molecule has 0 saturated heterocycles. The maximum Gasteiger partial charge on any atom is 0.242 e. The van der Waals surface area contributed by atoms with E-state index in [1.807, 2.05) is 54.6 Å². The number of thioether (sulfide) groups is 1. The molecule has 0 radical (unpaired) electrons. The number of halogens is 1. The van der Waals surface area contributed by atoms with Crippen molar-refractivity contribution < 1.29 is 14.0 Å². The molecule has 0 bridgehead atoms. The molecule has 1 atom stereocenters. The van der Waals surface area contributed by atoms with Crippen molar-refractivity contribution in [2.45, 2.75) is 23.0 Å². The van der Waals surface area contributed by atoms with E-state index in [1.54, 1.807) is 0 Å². The first kappa shape index (κ1) is 20.2. The minimum Gasteiger partial charge on any atom is -0.326 e. The fraction of sp³-hybridized carbons (Fsp3) is 0.167. The van der Waals surface area contributed by atoms with Crippen LogP contribution >= 0.6 is 11.8 Å². The van der Waals surface area contributed by atoms with Gasteiger partial charge in [0.05, 0.1) is 0 Å². The van der Waals surface area contributed by atoms with Crippen molar-refractivity contribution in [2.75, 3.05) is 10.6 Å². The van der Waals surface area contributed by atoms with E-state index >= 15 is 0 Å². The number of hydrogen-bond donors (Lipinski definition) is 2. The molecule has 0 heterocycles. The van der Waals surface area contributed by atoms with Gasteiger partial charge in [-0.1, -0.05) is 36.4 Å². The van der Waals surface area contributed by atoms with Crippen molar-refractivity contribution >= 4 is 35.0 Å². The summed E-state index contributed by atoms with van der Waals surface area (Å²) in [6.07, 6.45) is 1.89. The maximum atomic E-state index is 13.2. The second-order valence-electron chi connectivity index (χ2n) is 7.20. The van der Waals surface area contributed by atoms with Crippen LogP contribution in [0.3, 0.4) is 0 Å². The molecule has 30 heavy (non-hydrogen) atoms. The lowest BCUT2D eigenvalue weighted by molar-refractivity contribution is -0.117. The van der Waals surface area contributed by atoms with Crippen LogP contribution in [0.15, 0.2) is 83.8 Å². The molecule has 2 N–H and O–H groups in total. The minimum absolute atomic E-state index is 0.0470. The number of carbonyl (C=O) groups is 2. The van der Waals surface area contributed by atoms with Crippen LogP contribution in [-0.2, 0) is 9.59 Å². The smallest absolute Gasteiger partial charge is 0.242 e. The third-order valence-electron chi connectivity index (χ3n) is 4.76. The molecule has 0 aromatic heterocycles. The van der Waals surface area contributed by atoms with E-state index in [0.717, 1.165) is 29.0 Å². The summed E-state index contributed by atoms with van der Waals surface area (Å²) in [5.74, 6) is -0.386. The van der Waals surface area contributed by atoms with Gasteiger partial charge in [-0.2, -0.15) is 0 Å². The first-order valence-corrected chi connectivity index (χ1v) is 10.7. The SMILES string of the molecule is O=C(Nc1cccc(SC(C(=O)Nc2ccc(F)cc2)c2ccccc2)c1)C1CC1. The topological polar surface area (TPSA) is 58.2 Å². The van der Waals surface area contributed by atoms with Gasteiger partial charge in [-0.15, -0.1) is 11.8 Å². The monoisotopic (exact) mass is 420 g/mol. The van der Waals surface area contributed by atoms with E-state index in [4.69, 9.17) is 0 Å². The molecule has 152 valence electrons. The summed E-state index contributed by atoms with van der Waals surface area (Å²) in [5, 5.41) is 5.30. The molecular formula is C24H21FN2O2S. The summed E-state index contributed by atoms with van der Waals surface area (Å²) in [7, 11) is 0. The Labute approximate surface area is 178 Å². The highest BCUT2D eigenvalue weighted by Gasteiger charge is 2.29. The molecule has 1 fully saturated rings. The largest absolute Gasteiger partial charge is 0.326 e. The van der Waals surface area contributed by atoms with Crippen LogP contribution in [0.25, 0.3) is 0 Å². The number of anilines is 2. The Balaban J connectivity index is 1.53.